The molecule has 1 aromatic carbocycles. The van der Waals surface area contributed by atoms with Crippen LogP contribution in [0.1, 0.15) is 35.8 Å². The fourth-order valence-electron chi connectivity index (χ4n) is 4.87. The van der Waals surface area contributed by atoms with Crippen LogP contribution in [0.25, 0.3) is 22.0 Å². The molecule has 5 rings (SSSR count). The average molecular weight is 416 g/mol. The zero-order valence-electron chi connectivity index (χ0n) is 18.7. The van der Waals surface area contributed by atoms with Crippen LogP contribution in [0, 0.1) is 6.92 Å². The normalized spacial score (nSPS) is 17.0. The van der Waals surface area contributed by atoms with E-state index in [1.165, 1.54) is 34.1 Å². The summed E-state index contributed by atoms with van der Waals surface area (Å²) in [5, 5.41) is 5.63. The summed E-state index contributed by atoms with van der Waals surface area (Å²) >= 11 is 0. The number of nitrogens with zero attached hydrogens (tertiary/aromatic N) is 5. The lowest BCUT2D eigenvalue weighted by molar-refractivity contribution is 0.245. The van der Waals surface area contributed by atoms with Gasteiger partial charge in [0.25, 0.3) is 0 Å². The predicted molar refractivity (Wildman–Crippen MR) is 123 cm³/mol. The Balaban J connectivity index is 1.46. The number of benzene rings is 1. The minimum absolute atomic E-state index is 0.337. The standard InChI is InChI=1S/C25H29N5O/c1-17-10-18(19-13-26-29(3)15-19)11-23(27-17)24-6-5-9-30(24)16-20-14-28(2)25-12-21(31-4)7-8-22(20)25/h7-8,10-15,24H,5-6,9,16H2,1-4H3/t24-/m0/s1. The van der Waals surface area contributed by atoms with Crippen molar-refractivity contribution in [1.29, 1.82) is 0 Å². The van der Waals surface area contributed by atoms with Gasteiger partial charge in [-0.15, -0.1) is 0 Å². The van der Waals surface area contributed by atoms with Crippen molar-refractivity contribution in [3.05, 3.63) is 65.9 Å². The molecule has 4 heterocycles. The molecule has 3 aromatic heterocycles. The Kier molecular flexibility index (Phi) is 5.02. The second kappa shape index (κ2) is 7.85. The SMILES string of the molecule is COc1ccc2c(CN3CCC[C@H]3c3cc(-c4cnn(C)c4)cc(C)n3)cn(C)c2c1. The van der Waals surface area contributed by atoms with Crippen molar-refractivity contribution >= 4 is 10.9 Å². The van der Waals surface area contributed by atoms with E-state index in [1.54, 1.807) is 7.11 Å². The molecule has 0 radical (unpaired) electrons. The second-order valence-corrected chi connectivity index (χ2v) is 8.60. The number of hydrogen-bond donors (Lipinski definition) is 0. The molecule has 0 N–H and O–H groups in total. The van der Waals surface area contributed by atoms with E-state index in [4.69, 9.17) is 9.72 Å². The molecule has 160 valence electrons. The minimum atomic E-state index is 0.337. The van der Waals surface area contributed by atoms with Gasteiger partial charge in [0, 0.05) is 55.7 Å². The largest absolute Gasteiger partial charge is 0.497 e. The number of aromatic nitrogens is 4. The number of hydrogen-bond acceptors (Lipinski definition) is 4. The molecular weight excluding hydrogens is 386 g/mol. The second-order valence-electron chi connectivity index (χ2n) is 8.60. The Morgan fingerprint density at radius 3 is 2.74 bits per heavy atom. The van der Waals surface area contributed by atoms with Crippen molar-refractivity contribution in [2.75, 3.05) is 13.7 Å². The average Bonchev–Trinajstić information content (AvgIpc) is 3.47. The molecule has 0 bridgehead atoms. The number of likely N-dealkylation sites (tertiary alicyclic amines) is 1. The molecule has 0 spiro atoms. The van der Waals surface area contributed by atoms with Gasteiger partial charge in [-0.3, -0.25) is 14.6 Å². The number of methoxy groups -OCH3 is 1. The van der Waals surface area contributed by atoms with Crippen LogP contribution in [0.4, 0.5) is 0 Å². The number of fused-ring (bicyclic) bond motifs is 1. The molecule has 6 heteroatoms. The van der Waals surface area contributed by atoms with Crippen LogP contribution in [-0.4, -0.2) is 37.9 Å². The zero-order chi connectivity index (χ0) is 21.5. The van der Waals surface area contributed by atoms with E-state index < -0.39 is 0 Å². The molecule has 1 aliphatic rings. The van der Waals surface area contributed by atoms with Gasteiger partial charge in [-0.2, -0.15) is 5.10 Å². The van der Waals surface area contributed by atoms with Gasteiger partial charge in [0.1, 0.15) is 5.75 Å². The molecule has 0 amide bonds. The van der Waals surface area contributed by atoms with E-state index in [1.807, 2.05) is 17.9 Å². The number of rotatable bonds is 5. The third kappa shape index (κ3) is 3.72. The van der Waals surface area contributed by atoms with Crippen LogP contribution in [0.5, 0.6) is 5.75 Å². The van der Waals surface area contributed by atoms with Crippen LogP contribution in [0.15, 0.2) is 48.9 Å². The molecule has 31 heavy (non-hydrogen) atoms. The molecular formula is C25H29N5O. The van der Waals surface area contributed by atoms with Crippen molar-refractivity contribution in [2.24, 2.45) is 14.1 Å². The Labute approximate surface area is 183 Å². The number of aryl methyl sites for hydroxylation is 3. The van der Waals surface area contributed by atoms with Gasteiger partial charge in [0.2, 0.25) is 0 Å². The Morgan fingerprint density at radius 1 is 1.10 bits per heavy atom. The predicted octanol–water partition coefficient (Wildman–Crippen LogP) is 4.63. The van der Waals surface area contributed by atoms with E-state index in [9.17, 15) is 0 Å². The van der Waals surface area contributed by atoms with Crippen molar-refractivity contribution in [1.82, 2.24) is 24.2 Å². The molecule has 1 fully saturated rings. The number of pyridine rings is 1. The van der Waals surface area contributed by atoms with E-state index in [0.717, 1.165) is 36.5 Å². The van der Waals surface area contributed by atoms with Crippen molar-refractivity contribution in [2.45, 2.75) is 32.4 Å². The van der Waals surface area contributed by atoms with Gasteiger partial charge in [0.15, 0.2) is 0 Å². The monoisotopic (exact) mass is 415 g/mol. The van der Waals surface area contributed by atoms with Gasteiger partial charge >= 0.3 is 0 Å². The highest BCUT2D eigenvalue weighted by atomic mass is 16.5. The smallest absolute Gasteiger partial charge is 0.120 e. The summed E-state index contributed by atoms with van der Waals surface area (Å²) in [5.74, 6) is 0.895. The summed E-state index contributed by atoms with van der Waals surface area (Å²) in [7, 11) is 5.78. The first-order chi connectivity index (χ1) is 15.0. The van der Waals surface area contributed by atoms with Gasteiger partial charge in [0.05, 0.1) is 30.6 Å². The summed E-state index contributed by atoms with van der Waals surface area (Å²) in [6.07, 6.45) is 8.58. The van der Waals surface area contributed by atoms with E-state index in [-0.39, 0.29) is 0 Å². The van der Waals surface area contributed by atoms with Crippen LogP contribution >= 0.6 is 0 Å². The third-order valence-corrected chi connectivity index (χ3v) is 6.37. The molecule has 4 aromatic rings. The van der Waals surface area contributed by atoms with E-state index in [0.29, 0.717) is 6.04 Å². The Hall–Kier alpha value is -3.12. The van der Waals surface area contributed by atoms with Gasteiger partial charge in [-0.05, 0) is 61.7 Å². The first kappa shape index (κ1) is 19.8. The number of ether oxygens (including phenoxy) is 1. The molecule has 6 nitrogen and oxygen atoms in total. The molecule has 0 saturated carbocycles. The van der Waals surface area contributed by atoms with Crippen molar-refractivity contribution < 1.29 is 4.74 Å². The molecule has 0 unspecified atom stereocenters. The maximum absolute atomic E-state index is 5.42. The Morgan fingerprint density at radius 2 is 1.97 bits per heavy atom. The van der Waals surface area contributed by atoms with E-state index in [2.05, 4.69) is 71.3 Å². The first-order valence-electron chi connectivity index (χ1n) is 10.9. The fourth-order valence-corrected chi connectivity index (χ4v) is 4.87. The maximum atomic E-state index is 5.42. The third-order valence-electron chi connectivity index (χ3n) is 6.37. The van der Waals surface area contributed by atoms with E-state index >= 15 is 0 Å². The summed E-state index contributed by atoms with van der Waals surface area (Å²) < 4.78 is 9.46. The molecule has 1 aliphatic heterocycles. The molecule has 0 aliphatic carbocycles. The topological polar surface area (TPSA) is 48.1 Å². The summed E-state index contributed by atoms with van der Waals surface area (Å²) in [6, 6.07) is 11.1. The summed E-state index contributed by atoms with van der Waals surface area (Å²) in [4.78, 5) is 7.52. The highest BCUT2D eigenvalue weighted by Gasteiger charge is 2.28. The van der Waals surface area contributed by atoms with Crippen molar-refractivity contribution in [3.8, 4) is 16.9 Å². The first-order valence-corrected chi connectivity index (χ1v) is 10.9. The quantitative estimate of drug-likeness (QED) is 0.477. The fraction of sp³-hybridized carbons (Fsp3) is 0.360. The molecule has 1 atom stereocenters. The lowest BCUT2D eigenvalue weighted by Gasteiger charge is -2.24. The molecule has 1 saturated heterocycles. The summed E-state index contributed by atoms with van der Waals surface area (Å²) in [6.45, 7) is 4.10. The van der Waals surface area contributed by atoms with Crippen molar-refractivity contribution in [3.63, 3.8) is 0 Å². The van der Waals surface area contributed by atoms with Crippen LogP contribution in [0.3, 0.4) is 0 Å². The highest BCUT2D eigenvalue weighted by Crippen LogP contribution is 2.36. The maximum Gasteiger partial charge on any atom is 0.120 e. The lowest BCUT2D eigenvalue weighted by atomic mass is 10.0. The highest BCUT2D eigenvalue weighted by molar-refractivity contribution is 5.85. The van der Waals surface area contributed by atoms with Crippen LogP contribution in [0.2, 0.25) is 0 Å². The van der Waals surface area contributed by atoms with Gasteiger partial charge in [-0.25, -0.2) is 0 Å². The lowest BCUT2D eigenvalue weighted by Crippen LogP contribution is -2.23. The zero-order valence-corrected chi connectivity index (χ0v) is 18.7. The van der Waals surface area contributed by atoms with Crippen LogP contribution in [-0.2, 0) is 20.6 Å². The van der Waals surface area contributed by atoms with Crippen LogP contribution < -0.4 is 4.74 Å². The minimum Gasteiger partial charge on any atom is -0.497 e. The summed E-state index contributed by atoms with van der Waals surface area (Å²) in [5.41, 5.74) is 7.12. The Bertz CT molecular complexity index is 1240. The van der Waals surface area contributed by atoms with Gasteiger partial charge in [-0.1, -0.05) is 0 Å². The van der Waals surface area contributed by atoms with Gasteiger partial charge < -0.3 is 9.30 Å².